The molecular weight excluding hydrogens is 112 g/mol. The zero-order valence-corrected chi connectivity index (χ0v) is 4.94. The van der Waals surface area contributed by atoms with Crippen molar-refractivity contribution in [1.29, 1.82) is 0 Å². The van der Waals surface area contributed by atoms with E-state index in [-0.39, 0.29) is 5.50 Å². The van der Waals surface area contributed by atoms with Crippen LogP contribution in [0.3, 0.4) is 0 Å². The van der Waals surface area contributed by atoms with E-state index in [1.807, 2.05) is 18.6 Å². The number of hydrogen-bond acceptors (Lipinski definition) is 2. The summed E-state index contributed by atoms with van der Waals surface area (Å²) < 4.78 is 0. The molecule has 1 atom stereocenters. The number of hydrogen-bond donors (Lipinski definition) is 1. The SMILES string of the molecule is CN1[CH]NCC1Cl. The van der Waals surface area contributed by atoms with Gasteiger partial charge in [-0.2, -0.15) is 0 Å². The van der Waals surface area contributed by atoms with Gasteiger partial charge in [-0.05, 0) is 7.05 Å². The molecule has 1 rings (SSSR count). The van der Waals surface area contributed by atoms with Crippen molar-refractivity contribution in [2.45, 2.75) is 5.50 Å². The fourth-order valence-corrected chi connectivity index (χ4v) is 0.664. The third-order valence-electron chi connectivity index (χ3n) is 1.02. The highest BCUT2D eigenvalue weighted by Gasteiger charge is 2.16. The zero-order valence-electron chi connectivity index (χ0n) is 4.19. The molecule has 0 amide bonds. The van der Waals surface area contributed by atoms with Crippen molar-refractivity contribution in [3.63, 3.8) is 0 Å². The molecular formula is C4H8ClN2. The number of nitrogens with one attached hydrogen (secondary N) is 1. The van der Waals surface area contributed by atoms with Gasteiger partial charge >= 0.3 is 0 Å². The molecule has 3 heteroatoms. The minimum atomic E-state index is 0.153. The van der Waals surface area contributed by atoms with Crippen LogP contribution in [0.5, 0.6) is 0 Å². The van der Waals surface area contributed by atoms with Crippen LogP contribution in [0.1, 0.15) is 0 Å². The molecule has 0 bridgehead atoms. The van der Waals surface area contributed by atoms with Crippen molar-refractivity contribution in [3.05, 3.63) is 6.67 Å². The largest absolute Gasteiger partial charge is 0.296 e. The summed E-state index contributed by atoms with van der Waals surface area (Å²) in [5, 5.41) is 2.99. The zero-order chi connectivity index (χ0) is 5.28. The smallest absolute Gasteiger partial charge is 0.0987 e. The third kappa shape index (κ3) is 1.06. The summed E-state index contributed by atoms with van der Waals surface area (Å²) in [5.41, 5.74) is 0.153. The van der Waals surface area contributed by atoms with E-state index in [2.05, 4.69) is 5.32 Å². The van der Waals surface area contributed by atoms with Crippen molar-refractivity contribution in [2.75, 3.05) is 13.6 Å². The van der Waals surface area contributed by atoms with Crippen molar-refractivity contribution in [1.82, 2.24) is 10.2 Å². The average molecular weight is 120 g/mol. The highest BCUT2D eigenvalue weighted by molar-refractivity contribution is 6.20. The van der Waals surface area contributed by atoms with Gasteiger partial charge in [-0.1, -0.05) is 0 Å². The van der Waals surface area contributed by atoms with Gasteiger partial charge in [0.15, 0.2) is 0 Å². The predicted octanol–water partition coefficient (Wildman–Crippen LogP) is 0.206. The maximum absolute atomic E-state index is 5.69. The topological polar surface area (TPSA) is 15.3 Å². The fourth-order valence-electron chi connectivity index (χ4n) is 0.519. The lowest BCUT2D eigenvalue weighted by Gasteiger charge is -2.07. The second-order valence-electron chi connectivity index (χ2n) is 1.64. The molecule has 0 spiro atoms. The molecule has 0 aliphatic carbocycles. The van der Waals surface area contributed by atoms with Gasteiger partial charge in [-0.15, -0.1) is 11.6 Å². The molecule has 1 radical (unpaired) electrons. The van der Waals surface area contributed by atoms with Crippen LogP contribution in [0.4, 0.5) is 0 Å². The number of nitrogens with zero attached hydrogens (tertiary/aromatic N) is 1. The monoisotopic (exact) mass is 119 g/mol. The van der Waals surface area contributed by atoms with Crippen LogP contribution in [0, 0.1) is 6.67 Å². The van der Waals surface area contributed by atoms with Gasteiger partial charge < -0.3 is 0 Å². The first-order valence-corrected chi connectivity index (χ1v) is 2.67. The Morgan fingerprint density at radius 3 is 2.86 bits per heavy atom. The van der Waals surface area contributed by atoms with E-state index < -0.39 is 0 Å². The average Bonchev–Trinajstić information content (AvgIpc) is 1.91. The van der Waals surface area contributed by atoms with E-state index >= 15 is 0 Å². The minimum Gasteiger partial charge on any atom is -0.296 e. The summed E-state index contributed by atoms with van der Waals surface area (Å²) >= 11 is 5.69. The van der Waals surface area contributed by atoms with Gasteiger partial charge in [0.25, 0.3) is 0 Å². The van der Waals surface area contributed by atoms with Crippen LogP contribution < -0.4 is 5.32 Å². The Labute approximate surface area is 48.4 Å². The van der Waals surface area contributed by atoms with Gasteiger partial charge in [-0.3, -0.25) is 10.2 Å². The molecule has 0 aromatic carbocycles. The third-order valence-corrected chi connectivity index (χ3v) is 1.49. The van der Waals surface area contributed by atoms with E-state index in [0.717, 1.165) is 6.54 Å². The lowest BCUT2D eigenvalue weighted by atomic mass is 10.6. The normalized spacial score (nSPS) is 34.3. The molecule has 2 nitrogen and oxygen atoms in total. The fraction of sp³-hybridized carbons (Fsp3) is 0.750. The number of rotatable bonds is 0. The second kappa shape index (κ2) is 1.99. The van der Waals surface area contributed by atoms with Gasteiger partial charge in [0.05, 0.1) is 12.2 Å². The molecule has 1 N–H and O–H groups in total. The molecule has 1 aliphatic rings. The van der Waals surface area contributed by atoms with E-state index in [9.17, 15) is 0 Å². The molecule has 1 unspecified atom stereocenters. The number of alkyl halides is 1. The summed E-state index contributed by atoms with van der Waals surface area (Å²) in [7, 11) is 1.94. The first kappa shape index (κ1) is 5.35. The van der Waals surface area contributed by atoms with Gasteiger partial charge in [-0.25, -0.2) is 0 Å². The predicted molar refractivity (Wildman–Crippen MR) is 29.7 cm³/mol. The van der Waals surface area contributed by atoms with Crippen molar-refractivity contribution < 1.29 is 0 Å². The maximum atomic E-state index is 5.69. The Morgan fingerprint density at radius 2 is 2.71 bits per heavy atom. The molecule has 41 valence electrons. The molecule has 1 saturated heterocycles. The molecule has 1 heterocycles. The number of halogens is 1. The summed E-state index contributed by atoms with van der Waals surface area (Å²) in [5.74, 6) is 0. The molecule has 1 fully saturated rings. The standard InChI is InChI=1S/C4H8ClN2/c1-7-3-6-2-4(7)5/h3-4,6H,2H2,1H3. The van der Waals surface area contributed by atoms with Gasteiger partial charge in [0.2, 0.25) is 0 Å². The minimum absolute atomic E-state index is 0.153. The summed E-state index contributed by atoms with van der Waals surface area (Å²) in [6, 6.07) is 0. The Hall–Kier alpha value is 0.210. The Kier molecular flexibility index (Phi) is 1.52. The Morgan fingerprint density at radius 1 is 2.00 bits per heavy atom. The first-order chi connectivity index (χ1) is 3.30. The lowest BCUT2D eigenvalue weighted by molar-refractivity contribution is 0.441. The van der Waals surface area contributed by atoms with Crippen LogP contribution in [-0.2, 0) is 0 Å². The maximum Gasteiger partial charge on any atom is 0.0987 e. The van der Waals surface area contributed by atoms with Crippen molar-refractivity contribution in [3.8, 4) is 0 Å². The molecule has 7 heavy (non-hydrogen) atoms. The lowest BCUT2D eigenvalue weighted by Crippen LogP contribution is -2.17. The van der Waals surface area contributed by atoms with Crippen LogP contribution >= 0.6 is 11.6 Å². The summed E-state index contributed by atoms with van der Waals surface area (Å²) in [6.45, 7) is 2.73. The Bertz CT molecular complexity index is 58.7. The van der Waals surface area contributed by atoms with E-state index in [4.69, 9.17) is 11.6 Å². The van der Waals surface area contributed by atoms with Crippen LogP contribution in [-0.4, -0.2) is 24.0 Å². The van der Waals surface area contributed by atoms with E-state index in [0.29, 0.717) is 0 Å². The summed E-state index contributed by atoms with van der Waals surface area (Å²) in [6.07, 6.45) is 0. The quantitative estimate of drug-likeness (QED) is 0.362. The van der Waals surface area contributed by atoms with Crippen molar-refractivity contribution >= 4 is 11.6 Å². The summed E-state index contributed by atoms with van der Waals surface area (Å²) in [4.78, 5) is 1.93. The molecule has 0 aromatic rings. The van der Waals surface area contributed by atoms with Crippen LogP contribution in [0.2, 0.25) is 0 Å². The second-order valence-corrected chi connectivity index (χ2v) is 2.14. The highest BCUT2D eigenvalue weighted by Crippen LogP contribution is 2.06. The number of likely N-dealkylation sites (N-methyl/N-ethyl adjacent to an activating group) is 1. The Balaban J connectivity index is 2.33. The molecule has 0 saturated carbocycles. The molecule has 0 aromatic heterocycles. The first-order valence-electron chi connectivity index (χ1n) is 2.23. The van der Waals surface area contributed by atoms with Crippen LogP contribution in [0.15, 0.2) is 0 Å². The highest BCUT2D eigenvalue weighted by atomic mass is 35.5. The van der Waals surface area contributed by atoms with Crippen LogP contribution in [0.25, 0.3) is 0 Å². The van der Waals surface area contributed by atoms with Gasteiger partial charge in [0, 0.05) is 6.54 Å². The molecule has 1 aliphatic heterocycles. The van der Waals surface area contributed by atoms with E-state index in [1.54, 1.807) is 0 Å². The van der Waals surface area contributed by atoms with E-state index in [1.165, 1.54) is 0 Å². The van der Waals surface area contributed by atoms with Crippen molar-refractivity contribution in [2.24, 2.45) is 0 Å². The van der Waals surface area contributed by atoms with Gasteiger partial charge in [0.1, 0.15) is 0 Å².